The molecule has 42 heteroatoms. The molecule has 3 amide bonds. The molecule has 134 heavy (non-hydrogen) atoms. The van der Waals surface area contributed by atoms with Crippen LogP contribution in [0.4, 0.5) is 66.7 Å². The van der Waals surface area contributed by atoms with E-state index in [-0.39, 0.29) is 147 Å². The number of amides is 3. The van der Waals surface area contributed by atoms with Gasteiger partial charge >= 0.3 is 17.9 Å². The summed E-state index contributed by atoms with van der Waals surface area (Å²) in [6.07, 6.45) is -0.258. The van der Waals surface area contributed by atoms with Crippen LogP contribution >= 0.6 is 47.0 Å². The van der Waals surface area contributed by atoms with Crippen molar-refractivity contribution in [3.05, 3.63) is 190 Å². The number of amidine groups is 1. The summed E-state index contributed by atoms with van der Waals surface area (Å²) in [4.78, 5) is 116. The third-order valence-electron chi connectivity index (χ3n) is 22.9. The zero-order valence-corrected chi connectivity index (χ0v) is 79.0. The van der Waals surface area contributed by atoms with Crippen LogP contribution in [0.1, 0.15) is 225 Å². The van der Waals surface area contributed by atoms with Crippen molar-refractivity contribution in [3.63, 3.8) is 0 Å². The predicted octanol–water partition coefficient (Wildman–Crippen LogP) is 18.0. The van der Waals surface area contributed by atoms with Crippen LogP contribution in [0.15, 0.2) is 130 Å². The van der Waals surface area contributed by atoms with Gasteiger partial charge in [0, 0.05) is 116 Å². The van der Waals surface area contributed by atoms with Gasteiger partial charge in [0.1, 0.15) is 96.4 Å². The zero-order valence-electron chi connectivity index (χ0n) is 75.7. The first-order valence-corrected chi connectivity index (χ1v) is 46.6. The molecule has 0 unspecified atom stereocenters. The van der Waals surface area contributed by atoms with Gasteiger partial charge in [-0.15, -0.1) is 35.3 Å². The summed E-state index contributed by atoms with van der Waals surface area (Å²) in [5.74, 6) is -5.17. The summed E-state index contributed by atoms with van der Waals surface area (Å²) >= 11 is 5.97. The minimum atomic E-state index is -2.80. The van der Waals surface area contributed by atoms with Crippen molar-refractivity contribution in [3.8, 4) is 0 Å². The Morgan fingerprint density at radius 2 is 0.649 bits per heavy atom. The van der Waals surface area contributed by atoms with E-state index in [0.29, 0.717) is 82.9 Å². The van der Waals surface area contributed by atoms with Gasteiger partial charge in [0.25, 0.3) is 37.0 Å². The van der Waals surface area contributed by atoms with E-state index in [0.717, 1.165) is 43.6 Å². The highest BCUT2D eigenvalue weighted by molar-refractivity contribution is 8.15. The number of aromatic nitrogens is 6. The summed E-state index contributed by atoms with van der Waals surface area (Å²) < 4.78 is 176. The van der Waals surface area contributed by atoms with Crippen molar-refractivity contribution < 1.29 is 106 Å². The molecule has 0 aliphatic carbocycles. The Labute approximate surface area is 784 Å². The van der Waals surface area contributed by atoms with Crippen LogP contribution < -0.4 is 27.4 Å². The number of fused-ring (bicyclic) bond motifs is 4. The van der Waals surface area contributed by atoms with E-state index in [1.54, 1.807) is 65.4 Å². The number of nitrogens with zero attached hydrogens (tertiary/aromatic N) is 10. The van der Waals surface area contributed by atoms with Crippen LogP contribution in [-0.2, 0) is 69.7 Å². The highest BCUT2D eigenvalue weighted by Crippen LogP contribution is 2.55. The largest absolute Gasteiger partial charge is 0.460 e. The van der Waals surface area contributed by atoms with Gasteiger partial charge in [0.05, 0.1) is 98.0 Å². The third-order valence-corrected chi connectivity index (χ3v) is 27.6. The second kappa shape index (κ2) is 43.0. The molecule has 3 aromatic heterocycles. The molecule has 4 saturated heterocycles. The highest BCUT2D eigenvalue weighted by Gasteiger charge is 2.55. The van der Waals surface area contributed by atoms with Crippen LogP contribution in [0, 0.1) is 46.9 Å². The smallest absolute Gasteiger partial charge is 0.312 e. The number of nitrogens with two attached hydrogens (primary N) is 2. The lowest BCUT2D eigenvalue weighted by Gasteiger charge is -2.47. The number of nitrogens with one attached hydrogen (secondary N) is 3. The number of aliphatic imine (C=N–C) groups is 4. The van der Waals surface area contributed by atoms with Crippen LogP contribution in [0.5, 0.6) is 0 Å². The Hall–Kier alpha value is -10.2. The zero-order chi connectivity index (χ0) is 97.3. The summed E-state index contributed by atoms with van der Waals surface area (Å²) in [6.45, 7) is 27.2. The average Bonchev–Trinajstić information content (AvgIpc) is 0.743. The number of nitrogen functional groups attached to an aromatic ring is 1. The summed E-state index contributed by atoms with van der Waals surface area (Å²) in [5.41, 5.74) is 6.45. The molecular formula is C92H105F10N15O13S4. The Bertz CT molecular complexity index is 5400. The van der Waals surface area contributed by atoms with Gasteiger partial charge in [-0.3, -0.25) is 58.7 Å². The van der Waals surface area contributed by atoms with E-state index >= 15 is 8.78 Å². The van der Waals surface area contributed by atoms with Crippen molar-refractivity contribution in [1.29, 1.82) is 0 Å². The predicted molar refractivity (Wildman–Crippen MR) is 491 cm³/mol. The number of halogens is 10. The van der Waals surface area contributed by atoms with E-state index in [1.807, 2.05) is 41.5 Å². The topological polar surface area (TPSA) is 382 Å². The number of alkyl halides is 6. The number of esters is 3. The Morgan fingerprint density at radius 1 is 0.388 bits per heavy atom. The fourth-order valence-corrected chi connectivity index (χ4v) is 22.5. The van der Waals surface area contributed by atoms with Crippen molar-refractivity contribution in [2.24, 2.45) is 49.4 Å². The molecule has 7 N–H and O–H groups in total. The van der Waals surface area contributed by atoms with Crippen LogP contribution in [0.25, 0.3) is 0 Å². The number of anilines is 4. The monoisotopic (exact) mass is 1950 g/mol. The maximum Gasteiger partial charge on any atom is 0.312 e. The Morgan fingerprint density at radius 3 is 0.910 bits per heavy atom. The number of rotatable bonds is 19. The second-order valence-electron chi connectivity index (χ2n) is 36.1. The van der Waals surface area contributed by atoms with E-state index < -0.39 is 122 Å². The fourth-order valence-electron chi connectivity index (χ4n) is 17.3. The Balaban J connectivity index is 0.000000162. The molecule has 15 rings (SSSR count). The average molecular weight is 1950 g/mol. The van der Waals surface area contributed by atoms with Gasteiger partial charge < -0.3 is 60.6 Å². The number of hydrogen-bond donors (Lipinski definition) is 5. The van der Waals surface area contributed by atoms with Crippen molar-refractivity contribution in [1.82, 2.24) is 29.9 Å². The number of hydrogen-bond acceptors (Lipinski definition) is 29. The summed E-state index contributed by atoms with van der Waals surface area (Å²) in [6, 6.07) is 16.9. The number of thioether (sulfide) groups is 4. The Kier molecular flexibility index (Phi) is 32.9. The van der Waals surface area contributed by atoms with E-state index in [4.69, 9.17) is 59.6 Å². The molecule has 0 spiro atoms. The van der Waals surface area contributed by atoms with E-state index in [9.17, 15) is 63.9 Å². The quantitative estimate of drug-likeness (QED) is 0.0217. The molecule has 4 aromatic carbocycles. The van der Waals surface area contributed by atoms with E-state index in [1.165, 1.54) is 95.9 Å². The molecule has 7 aromatic rings. The minimum absolute atomic E-state index is 0.00626. The van der Waals surface area contributed by atoms with Crippen LogP contribution in [-0.4, -0.2) is 176 Å². The van der Waals surface area contributed by atoms with E-state index in [2.05, 4.69) is 57.8 Å². The molecule has 28 nitrogen and oxygen atoms in total. The SMILES string of the molecule is C[C@H]1SC(CC(=O)OC(C)(C)C)=N[C@@]2(c3cc(N)ccc3F)COCC[C@@H]12.C[C@H]1SC(CC(=O)OC(C)(C)C)=N[C@@]2(c3cc(NC(=O)c4cnc(C(F)F)cn4)ccc3F)COCC[C@@H]12.C[C@H]1SC(CC(=O)OC(C)(C)C)=N[C@@]2(c3cc(NC(=O)c4cnc(C(F)F)cn4)ccc3F)COCC[C@@H]12.C[C@H]1SC(N)=N[C@@]2(c3cc(NC(=O)c4cnc(C(F)F)cn4)ccc3F)COCC[C@@H]12. The first kappa shape index (κ1) is 103. The lowest BCUT2D eigenvalue weighted by Crippen LogP contribution is -2.50. The third kappa shape index (κ3) is 25.0. The molecule has 0 saturated carbocycles. The first-order chi connectivity index (χ1) is 63.2. The summed E-state index contributed by atoms with van der Waals surface area (Å²) in [5, 5.41) is 10.2. The lowest BCUT2D eigenvalue weighted by molar-refractivity contribution is -0.154. The van der Waals surface area contributed by atoms with Gasteiger partial charge in [0.2, 0.25) is 0 Å². The molecular weight excluding hydrogens is 1840 g/mol. The van der Waals surface area contributed by atoms with Gasteiger partial charge in [-0.05, 0) is 161 Å². The molecule has 8 aliphatic heterocycles. The van der Waals surface area contributed by atoms with Crippen LogP contribution in [0.3, 0.4) is 0 Å². The molecule has 11 heterocycles. The highest BCUT2D eigenvalue weighted by atomic mass is 32.2. The number of carbonyl (C=O) groups excluding carboxylic acids is 6. The lowest BCUT2D eigenvalue weighted by atomic mass is 9.74. The number of carbonyl (C=O) groups is 6. The summed E-state index contributed by atoms with van der Waals surface area (Å²) in [7, 11) is 0. The van der Waals surface area contributed by atoms with Crippen LogP contribution in [0.2, 0.25) is 0 Å². The minimum Gasteiger partial charge on any atom is -0.460 e. The standard InChI is InChI=1S/2C26H29F3N4O4S.C20H20F3N5O2S.C20H27FN2O3S/c2*1-14-16-7-8-36-13-26(16,33-21(38-14)10-22(34)37-25(2,3)4)17-9-15(5-6-18(17)27)32-24(35)20-12-30-19(11-31-20)23(28)29;1-10-12-4-5-30-9-20(12,28-19(24)31-10)13-6-11(2-3-14(13)21)27-18(29)16-8-25-15(7-26-16)17(22)23;1-12-14-7-8-25-11-20(14,15-9-13(22)5-6-16(15)21)23-17(27-12)10-18(24)26-19(2,3)4/h2*5-6,9,11-12,14,16,23H,7-8,10,13H2,1-4H3,(H,32,35);2-3,6-8,10,12,17H,4-5,9H2,1H3,(H2,24,28)(H,27,29);5-6,9,12,14H,7-8,10-11,22H2,1-4H3/t2*14-,16+,26+;10-,12+,20+;12-,14+,20+/m1111/s1. The first-order valence-electron chi connectivity index (χ1n) is 43.1. The van der Waals surface area contributed by atoms with Gasteiger partial charge in [-0.25, -0.2) is 63.8 Å². The van der Waals surface area contributed by atoms with Gasteiger partial charge in [-0.2, -0.15) is 0 Å². The molecule has 0 radical (unpaired) electrons. The van der Waals surface area contributed by atoms with Crippen molar-refractivity contribution >= 4 is 126 Å². The molecule has 4 fully saturated rings. The van der Waals surface area contributed by atoms with Crippen molar-refractivity contribution in [2.45, 2.75) is 214 Å². The maximum atomic E-state index is 15.4. The number of benzene rings is 4. The molecule has 8 aliphatic rings. The van der Waals surface area contributed by atoms with Crippen molar-refractivity contribution in [2.75, 3.05) is 74.5 Å². The second-order valence-corrected chi connectivity index (χ2v) is 41.9. The fraction of sp³-hybridized carbons (Fsp3) is 0.500. The molecule has 720 valence electrons. The van der Waals surface area contributed by atoms with Gasteiger partial charge in [0.15, 0.2) is 5.17 Å². The molecule has 12 atom stereocenters. The van der Waals surface area contributed by atoms with Gasteiger partial charge in [-0.1, -0.05) is 39.5 Å². The maximum absolute atomic E-state index is 15.4. The normalized spacial score (nSPS) is 24.9. The molecule has 0 bridgehead atoms. The number of ether oxygens (including phenoxy) is 7.